The minimum atomic E-state index is -0.956. The summed E-state index contributed by atoms with van der Waals surface area (Å²) < 4.78 is 42.2. The molecule has 0 saturated carbocycles. The minimum absolute atomic E-state index is 0.0138. The van der Waals surface area contributed by atoms with Gasteiger partial charge in [0, 0.05) is 11.6 Å². The van der Waals surface area contributed by atoms with Gasteiger partial charge in [0.05, 0.1) is 29.1 Å². The number of carbonyl (C=O) groups excluding carboxylic acids is 1. The van der Waals surface area contributed by atoms with E-state index in [-0.39, 0.29) is 34.5 Å². The molecule has 2 N–H and O–H groups in total. The van der Waals surface area contributed by atoms with Crippen LogP contribution >= 0.6 is 11.6 Å². The Morgan fingerprint density at radius 1 is 1.12 bits per heavy atom. The molecule has 6 nitrogen and oxygen atoms in total. The van der Waals surface area contributed by atoms with E-state index in [9.17, 15) is 27.9 Å². The molecule has 0 aliphatic carbocycles. The maximum atomic E-state index is 14.0. The van der Waals surface area contributed by atoms with Crippen molar-refractivity contribution < 1.29 is 23.1 Å². The molecule has 0 radical (unpaired) electrons. The van der Waals surface area contributed by atoms with Crippen molar-refractivity contribution in [1.82, 2.24) is 15.1 Å². The van der Waals surface area contributed by atoms with Crippen molar-refractivity contribution in [2.75, 3.05) is 6.61 Å². The Balaban J connectivity index is 2.22. The Labute approximate surface area is 186 Å². The summed E-state index contributed by atoms with van der Waals surface area (Å²) in [5.74, 6) is -3.64. The van der Waals surface area contributed by atoms with E-state index in [0.717, 1.165) is 24.3 Å². The highest BCUT2D eigenvalue weighted by Crippen LogP contribution is 2.23. The largest absolute Gasteiger partial charge is 0.394 e. The molecule has 2 aromatic carbocycles. The Morgan fingerprint density at radius 2 is 1.78 bits per heavy atom. The van der Waals surface area contributed by atoms with Crippen LogP contribution < -0.4 is 10.9 Å². The molecule has 0 unspecified atom stereocenters. The summed E-state index contributed by atoms with van der Waals surface area (Å²) in [6, 6.07) is 6.60. The van der Waals surface area contributed by atoms with Crippen LogP contribution in [0, 0.1) is 23.4 Å². The minimum Gasteiger partial charge on any atom is -0.394 e. The Hall–Kier alpha value is -3.17. The van der Waals surface area contributed by atoms with Gasteiger partial charge in [-0.3, -0.25) is 9.59 Å². The van der Waals surface area contributed by atoms with E-state index < -0.39 is 40.5 Å². The molecule has 168 valence electrons. The zero-order valence-corrected chi connectivity index (χ0v) is 17.8. The molecular weight excluding hydrogens is 447 g/mol. The zero-order chi connectivity index (χ0) is 23.6. The molecular formula is C22H19ClF3N3O3. The van der Waals surface area contributed by atoms with Gasteiger partial charge >= 0.3 is 0 Å². The fourth-order valence-corrected chi connectivity index (χ4v) is 3.08. The van der Waals surface area contributed by atoms with Crippen LogP contribution in [0.15, 0.2) is 47.3 Å². The van der Waals surface area contributed by atoms with E-state index in [1.54, 1.807) is 13.8 Å². The van der Waals surface area contributed by atoms with Crippen LogP contribution in [-0.2, 0) is 0 Å². The number of hydrogen-bond acceptors (Lipinski definition) is 4. The molecule has 0 fully saturated rings. The first-order valence-electron chi connectivity index (χ1n) is 9.58. The van der Waals surface area contributed by atoms with Crippen molar-refractivity contribution in [3.63, 3.8) is 0 Å². The van der Waals surface area contributed by atoms with Crippen LogP contribution in [-0.4, -0.2) is 33.4 Å². The van der Waals surface area contributed by atoms with Gasteiger partial charge in [0.1, 0.15) is 23.0 Å². The number of benzene rings is 2. The van der Waals surface area contributed by atoms with Gasteiger partial charge in [-0.1, -0.05) is 31.5 Å². The summed E-state index contributed by atoms with van der Waals surface area (Å²) in [6.45, 7) is 3.17. The number of rotatable bonds is 6. The predicted molar refractivity (Wildman–Crippen MR) is 113 cm³/mol. The first-order chi connectivity index (χ1) is 15.1. The number of aromatic nitrogens is 2. The van der Waals surface area contributed by atoms with Crippen LogP contribution in [0.2, 0.25) is 5.02 Å². The Morgan fingerprint density at radius 3 is 2.34 bits per heavy atom. The standard InChI is InChI=1S/C22H19ClF3N3O3/c1-11(2)20(10-30)27-21(31)16-9-19(12-3-4-17(23)18(26)5-12)28-29(22(16)32)15-7-13(24)6-14(25)8-15/h3-9,11,20,30H,10H2,1-2H3,(H,27,31)/t20-/m1/s1. The van der Waals surface area contributed by atoms with Crippen molar-refractivity contribution in [2.45, 2.75) is 19.9 Å². The average Bonchev–Trinajstić information content (AvgIpc) is 2.73. The number of hydrogen-bond donors (Lipinski definition) is 2. The van der Waals surface area contributed by atoms with Crippen molar-refractivity contribution in [1.29, 1.82) is 0 Å². The molecule has 0 spiro atoms. The van der Waals surface area contributed by atoms with Crippen molar-refractivity contribution >= 4 is 17.5 Å². The Bertz CT molecular complexity index is 1210. The van der Waals surface area contributed by atoms with E-state index in [2.05, 4.69) is 10.4 Å². The van der Waals surface area contributed by atoms with Crippen LogP contribution in [0.5, 0.6) is 0 Å². The topological polar surface area (TPSA) is 84.2 Å². The number of aliphatic hydroxyl groups is 1. The van der Waals surface area contributed by atoms with Crippen molar-refractivity contribution in [2.24, 2.45) is 5.92 Å². The molecule has 3 aromatic rings. The number of halogens is 4. The summed E-state index contributed by atoms with van der Waals surface area (Å²) in [5.41, 5.74) is -1.46. The maximum Gasteiger partial charge on any atom is 0.284 e. The number of nitrogens with one attached hydrogen (secondary N) is 1. The maximum absolute atomic E-state index is 14.0. The van der Waals surface area contributed by atoms with Crippen molar-refractivity contribution in [3.8, 4) is 16.9 Å². The molecule has 1 amide bonds. The molecule has 32 heavy (non-hydrogen) atoms. The number of amides is 1. The van der Waals surface area contributed by atoms with Gasteiger partial charge in [0.25, 0.3) is 11.5 Å². The molecule has 0 aliphatic rings. The SMILES string of the molecule is CC(C)[C@@H](CO)NC(=O)c1cc(-c2ccc(Cl)c(F)c2)nn(-c2cc(F)cc(F)c2)c1=O. The van der Waals surface area contributed by atoms with E-state index >= 15 is 0 Å². The highest BCUT2D eigenvalue weighted by molar-refractivity contribution is 6.30. The monoisotopic (exact) mass is 465 g/mol. The van der Waals surface area contributed by atoms with Crippen LogP contribution in [0.1, 0.15) is 24.2 Å². The predicted octanol–water partition coefficient (Wildman–Crippen LogP) is 3.72. The third-order valence-electron chi connectivity index (χ3n) is 4.78. The fraction of sp³-hybridized carbons (Fsp3) is 0.227. The smallest absolute Gasteiger partial charge is 0.284 e. The second-order valence-electron chi connectivity index (χ2n) is 7.42. The number of nitrogens with zero attached hydrogens (tertiary/aromatic N) is 2. The van der Waals surface area contributed by atoms with E-state index in [1.165, 1.54) is 12.1 Å². The summed E-state index contributed by atoms with van der Waals surface area (Å²) >= 11 is 5.72. The second-order valence-corrected chi connectivity index (χ2v) is 7.83. The third-order valence-corrected chi connectivity index (χ3v) is 5.09. The molecule has 0 saturated heterocycles. The van der Waals surface area contributed by atoms with E-state index in [1.807, 2.05) is 0 Å². The van der Waals surface area contributed by atoms with Gasteiger partial charge in [-0.2, -0.15) is 9.78 Å². The third kappa shape index (κ3) is 5.00. The lowest BCUT2D eigenvalue weighted by atomic mass is 10.0. The number of carbonyl (C=O) groups is 1. The summed E-state index contributed by atoms with van der Waals surface area (Å²) in [6.07, 6.45) is 0. The lowest BCUT2D eigenvalue weighted by molar-refractivity contribution is 0.0894. The zero-order valence-electron chi connectivity index (χ0n) is 17.1. The molecule has 0 aliphatic heterocycles. The highest BCUT2D eigenvalue weighted by Gasteiger charge is 2.22. The first-order valence-corrected chi connectivity index (χ1v) is 9.96. The highest BCUT2D eigenvalue weighted by atomic mass is 35.5. The quantitative estimate of drug-likeness (QED) is 0.581. The van der Waals surface area contributed by atoms with Crippen molar-refractivity contribution in [3.05, 3.63) is 80.9 Å². The fourth-order valence-electron chi connectivity index (χ4n) is 2.96. The van der Waals surface area contributed by atoms with Crippen LogP contribution in [0.4, 0.5) is 13.2 Å². The van der Waals surface area contributed by atoms with Crippen LogP contribution in [0.25, 0.3) is 16.9 Å². The normalized spacial score (nSPS) is 12.1. The number of aliphatic hydroxyl groups excluding tert-OH is 1. The van der Waals surface area contributed by atoms with Crippen LogP contribution in [0.3, 0.4) is 0 Å². The van der Waals surface area contributed by atoms with E-state index in [4.69, 9.17) is 11.6 Å². The first kappa shape index (κ1) is 23.5. The Kier molecular flexibility index (Phi) is 7.00. The molecule has 0 bridgehead atoms. The molecule has 10 heteroatoms. The second kappa shape index (κ2) is 9.54. The van der Waals surface area contributed by atoms with Gasteiger partial charge in [-0.05, 0) is 36.2 Å². The summed E-state index contributed by atoms with van der Waals surface area (Å²) in [4.78, 5) is 25.9. The van der Waals surface area contributed by atoms with Gasteiger partial charge in [-0.25, -0.2) is 13.2 Å². The van der Waals surface area contributed by atoms with Gasteiger partial charge < -0.3 is 10.4 Å². The van der Waals surface area contributed by atoms with Gasteiger partial charge in [-0.15, -0.1) is 0 Å². The summed E-state index contributed by atoms with van der Waals surface area (Å²) in [5, 5.41) is 16.0. The lowest BCUT2D eigenvalue weighted by Gasteiger charge is -2.20. The molecule has 1 atom stereocenters. The van der Waals surface area contributed by atoms with Gasteiger partial charge in [0.15, 0.2) is 0 Å². The lowest BCUT2D eigenvalue weighted by Crippen LogP contribution is -2.43. The summed E-state index contributed by atoms with van der Waals surface area (Å²) in [7, 11) is 0. The molecule has 3 rings (SSSR count). The van der Waals surface area contributed by atoms with E-state index in [0.29, 0.717) is 10.7 Å². The molecule has 1 heterocycles. The average molecular weight is 466 g/mol. The molecule has 1 aromatic heterocycles. The van der Waals surface area contributed by atoms with Gasteiger partial charge in [0.2, 0.25) is 0 Å².